The Morgan fingerprint density at radius 3 is 2.64 bits per heavy atom. The van der Waals surface area contributed by atoms with Crippen LogP contribution in [0.15, 0.2) is 24.3 Å². The first-order chi connectivity index (χ1) is 9.91. The Labute approximate surface area is 135 Å². The maximum absolute atomic E-state index is 13.7. The maximum atomic E-state index is 13.7. The van der Waals surface area contributed by atoms with Crippen molar-refractivity contribution in [1.82, 2.24) is 5.32 Å². The standard InChI is InChI=1S/C15H20FN3O2.ClH/c1-9(10(2)17)14(20)18-12-7-8-19(15(12)21)13-6-4-3-5-11(13)16;/h3-6,9-10,12H,7-8,17H2,1-2H3,(H,18,20);1H. The number of amides is 2. The predicted octanol–water partition coefficient (Wildman–Crippen LogP) is 1.45. The third kappa shape index (κ3) is 3.75. The molecule has 3 N–H and O–H groups in total. The van der Waals surface area contributed by atoms with Gasteiger partial charge in [-0.2, -0.15) is 0 Å². The van der Waals surface area contributed by atoms with E-state index in [1.807, 2.05) is 0 Å². The van der Waals surface area contributed by atoms with Crippen LogP contribution in [0.1, 0.15) is 20.3 Å². The quantitative estimate of drug-likeness (QED) is 0.878. The van der Waals surface area contributed by atoms with E-state index in [0.29, 0.717) is 13.0 Å². The van der Waals surface area contributed by atoms with Gasteiger partial charge in [0.2, 0.25) is 11.8 Å². The van der Waals surface area contributed by atoms with Gasteiger partial charge in [-0.3, -0.25) is 9.59 Å². The van der Waals surface area contributed by atoms with E-state index in [1.165, 1.54) is 11.0 Å². The van der Waals surface area contributed by atoms with E-state index in [-0.39, 0.29) is 41.9 Å². The van der Waals surface area contributed by atoms with Crippen LogP contribution in [0.2, 0.25) is 0 Å². The van der Waals surface area contributed by atoms with Crippen LogP contribution in [-0.4, -0.2) is 30.4 Å². The van der Waals surface area contributed by atoms with Gasteiger partial charge < -0.3 is 16.0 Å². The molecule has 2 amide bonds. The average molecular weight is 330 g/mol. The van der Waals surface area contributed by atoms with Crippen LogP contribution in [0, 0.1) is 11.7 Å². The summed E-state index contributed by atoms with van der Waals surface area (Å²) in [6.07, 6.45) is 0.463. The lowest BCUT2D eigenvalue weighted by atomic mass is 10.0. The van der Waals surface area contributed by atoms with Crippen LogP contribution >= 0.6 is 12.4 Å². The molecular formula is C15H21ClFN3O2. The highest BCUT2D eigenvalue weighted by Gasteiger charge is 2.35. The molecule has 1 aromatic rings. The monoisotopic (exact) mass is 329 g/mol. The van der Waals surface area contributed by atoms with Gasteiger partial charge in [-0.25, -0.2) is 4.39 Å². The molecule has 1 aromatic carbocycles. The van der Waals surface area contributed by atoms with E-state index in [9.17, 15) is 14.0 Å². The number of nitrogens with zero attached hydrogens (tertiary/aromatic N) is 1. The third-order valence-corrected chi connectivity index (χ3v) is 3.87. The topological polar surface area (TPSA) is 75.4 Å². The van der Waals surface area contributed by atoms with Crippen molar-refractivity contribution in [2.45, 2.75) is 32.4 Å². The number of nitrogens with one attached hydrogen (secondary N) is 1. The minimum absolute atomic E-state index is 0. The molecule has 1 fully saturated rings. The number of hydrogen-bond acceptors (Lipinski definition) is 3. The molecule has 0 bridgehead atoms. The summed E-state index contributed by atoms with van der Waals surface area (Å²) in [4.78, 5) is 25.6. The number of hydrogen-bond donors (Lipinski definition) is 2. The van der Waals surface area contributed by atoms with E-state index in [2.05, 4.69) is 5.32 Å². The summed E-state index contributed by atoms with van der Waals surface area (Å²) in [6, 6.07) is 5.22. The summed E-state index contributed by atoms with van der Waals surface area (Å²) >= 11 is 0. The average Bonchev–Trinajstić information content (AvgIpc) is 2.80. The molecule has 22 heavy (non-hydrogen) atoms. The van der Waals surface area contributed by atoms with Gasteiger partial charge in [0.15, 0.2) is 0 Å². The number of carbonyl (C=O) groups is 2. The summed E-state index contributed by atoms with van der Waals surface area (Å²) in [5, 5.41) is 2.70. The van der Waals surface area contributed by atoms with Crippen LogP contribution < -0.4 is 16.0 Å². The van der Waals surface area contributed by atoms with Crippen molar-refractivity contribution in [2.75, 3.05) is 11.4 Å². The van der Waals surface area contributed by atoms with Crippen LogP contribution in [0.5, 0.6) is 0 Å². The zero-order valence-corrected chi connectivity index (χ0v) is 13.4. The Hall–Kier alpha value is -1.66. The lowest BCUT2D eigenvalue weighted by molar-refractivity contribution is -0.129. The number of para-hydroxylation sites is 1. The summed E-state index contributed by atoms with van der Waals surface area (Å²) in [5.74, 6) is -1.36. The Morgan fingerprint density at radius 2 is 2.05 bits per heavy atom. The SMILES string of the molecule is CC(N)C(C)C(=O)NC1CCN(c2ccccc2F)C1=O.Cl. The highest BCUT2D eigenvalue weighted by Crippen LogP contribution is 2.24. The van der Waals surface area contributed by atoms with Crippen LogP contribution in [0.4, 0.5) is 10.1 Å². The van der Waals surface area contributed by atoms with Gasteiger partial charge in [-0.15, -0.1) is 12.4 Å². The molecule has 0 spiro atoms. The van der Waals surface area contributed by atoms with Gasteiger partial charge in [0.1, 0.15) is 11.9 Å². The van der Waals surface area contributed by atoms with E-state index >= 15 is 0 Å². The van der Waals surface area contributed by atoms with E-state index < -0.39 is 11.9 Å². The first-order valence-electron chi connectivity index (χ1n) is 7.03. The molecule has 5 nitrogen and oxygen atoms in total. The first-order valence-corrected chi connectivity index (χ1v) is 7.03. The fraction of sp³-hybridized carbons (Fsp3) is 0.467. The Balaban J connectivity index is 0.00000242. The van der Waals surface area contributed by atoms with Crippen molar-refractivity contribution in [3.63, 3.8) is 0 Å². The Bertz CT molecular complexity index is 553. The molecule has 3 unspecified atom stereocenters. The second-order valence-corrected chi connectivity index (χ2v) is 5.44. The molecule has 1 saturated heterocycles. The number of rotatable bonds is 4. The number of nitrogens with two attached hydrogens (primary N) is 1. The molecule has 1 aliphatic rings. The van der Waals surface area contributed by atoms with Gasteiger partial charge in [0.25, 0.3) is 0 Å². The molecule has 2 rings (SSSR count). The normalized spacial score (nSPS) is 20.3. The minimum atomic E-state index is -0.613. The summed E-state index contributed by atoms with van der Waals surface area (Å²) in [5.41, 5.74) is 5.93. The van der Waals surface area contributed by atoms with Gasteiger partial charge in [-0.05, 0) is 25.5 Å². The van der Waals surface area contributed by atoms with Crippen molar-refractivity contribution < 1.29 is 14.0 Å². The van der Waals surface area contributed by atoms with E-state index in [1.54, 1.807) is 32.0 Å². The van der Waals surface area contributed by atoms with E-state index in [0.717, 1.165) is 0 Å². The second-order valence-electron chi connectivity index (χ2n) is 5.44. The van der Waals surface area contributed by atoms with Crippen molar-refractivity contribution in [2.24, 2.45) is 11.7 Å². The Morgan fingerprint density at radius 1 is 1.41 bits per heavy atom. The highest BCUT2D eigenvalue weighted by atomic mass is 35.5. The molecule has 7 heteroatoms. The molecule has 0 aliphatic carbocycles. The van der Waals surface area contributed by atoms with Gasteiger partial charge in [0.05, 0.1) is 5.69 Å². The number of benzene rings is 1. The minimum Gasteiger partial charge on any atom is -0.344 e. The smallest absolute Gasteiger partial charge is 0.249 e. The summed E-state index contributed by atoms with van der Waals surface area (Å²) in [7, 11) is 0. The predicted molar refractivity (Wildman–Crippen MR) is 85.4 cm³/mol. The lowest BCUT2D eigenvalue weighted by Gasteiger charge is -2.20. The fourth-order valence-electron chi connectivity index (χ4n) is 2.27. The van der Waals surface area contributed by atoms with Gasteiger partial charge >= 0.3 is 0 Å². The molecule has 122 valence electrons. The third-order valence-electron chi connectivity index (χ3n) is 3.87. The van der Waals surface area contributed by atoms with Gasteiger partial charge in [-0.1, -0.05) is 19.1 Å². The second kappa shape index (κ2) is 7.56. The Kier molecular flexibility index (Phi) is 6.32. The maximum Gasteiger partial charge on any atom is 0.249 e. The van der Waals surface area contributed by atoms with Crippen molar-refractivity contribution in [1.29, 1.82) is 0 Å². The molecular weight excluding hydrogens is 309 g/mol. The summed E-state index contributed by atoms with van der Waals surface area (Å²) < 4.78 is 13.7. The molecule has 1 aliphatic heterocycles. The summed E-state index contributed by atoms with van der Waals surface area (Å²) in [6.45, 7) is 3.84. The highest BCUT2D eigenvalue weighted by molar-refractivity contribution is 6.01. The van der Waals surface area contributed by atoms with Crippen molar-refractivity contribution >= 4 is 29.9 Å². The molecule has 0 radical (unpaired) electrons. The number of anilines is 1. The van der Waals surface area contributed by atoms with Crippen LogP contribution in [-0.2, 0) is 9.59 Å². The van der Waals surface area contributed by atoms with E-state index in [4.69, 9.17) is 5.73 Å². The number of halogens is 2. The zero-order chi connectivity index (χ0) is 15.6. The molecule has 1 heterocycles. The molecule has 0 saturated carbocycles. The molecule has 3 atom stereocenters. The van der Waals surface area contributed by atoms with Crippen LogP contribution in [0.25, 0.3) is 0 Å². The fourth-order valence-corrected chi connectivity index (χ4v) is 2.27. The zero-order valence-electron chi connectivity index (χ0n) is 12.6. The molecule has 0 aromatic heterocycles. The van der Waals surface area contributed by atoms with Crippen molar-refractivity contribution in [3.05, 3.63) is 30.1 Å². The van der Waals surface area contributed by atoms with Crippen molar-refractivity contribution in [3.8, 4) is 0 Å². The van der Waals surface area contributed by atoms with Gasteiger partial charge in [0, 0.05) is 18.5 Å². The lowest BCUT2D eigenvalue weighted by Crippen LogP contribution is -2.46. The first kappa shape index (κ1) is 18.4. The largest absolute Gasteiger partial charge is 0.344 e. The number of carbonyl (C=O) groups excluding carboxylic acids is 2. The van der Waals surface area contributed by atoms with Crippen LogP contribution in [0.3, 0.4) is 0 Å².